The first-order chi connectivity index (χ1) is 12.0. The minimum absolute atomic E-state index is 0.165. The normalized spacial score (nSPS) is 20.2. The van der Waals surface area contributed by atoms with Crippen molar-refractivity contribution in [2.45, 2.75) is 45.2 Å². The van der Waals surface area contributed by atoms with E-state index >= 15 is 0 Å². The molecule has 6 heteroatoms. The summed E-state index contributed by atoms with van der Waals surface area (Å²) in [6, 6.07) is 7.49. The average molecular weight is 347 g/mol. The number of rotatable bonds is 6. The van der Waals surface area contributed by atoms with E-state index in [-0.39, 0.29) is 24.5 Å². The Labute approximate surface area is 149 Å². The Hall–Kier alpha value is -2.08. The topological polar surface area (TPSA) is 70.7 Å². The molecule has 3 amide bonds. The minimum atomic E-state index is -0.387. The Bertz CT molecular complexity index is 574. The highest BCUT2D eigenvalue weighted by molar-refractivity contribution is 5.95. The third-order valence-corrected chi connectivity index (χ3v) is 4.71. The van der Waals surface area contributed by atoms with Gasteiger partial charge in [0.25, 0.3) is 0 Å². The van der Waals surface area contributed by atoms with Crippen molar-refractivity contribution in [2.75, 3.05) is 20.7 Å². The molecule has 2 unspecified atom stereocenters. The zero-order valence-electron chi connectivity index (χ0n) is 15.4. The van der Waals surface area contributed by atoms with Crippen LogP contribution in [0.15, 0.2) is 24.3 Å². The maximum Gasteiger partial charge on any atom is 0.321 e. The molecule has 2 atom stereocenters. The number of nitrogens with zero attached hydrogens (tertiary/aromatic N) is 1. The van der Waals surface area contributed by atoms with Crippen LogP contribution in [0.25, 0.3) is 0 Å². The van der Waals surface area contributed by atoms with Gasteiger partial charge in [-0.2, -0.15) is 0 Å². The summed E-state index contributed by atoms with van der Waals surface area (Å²) in [7, 11) is 3.48. The molecule has 0 saturated heterocycles. The molecule has 2 N–H and O–H groups in total. The van der Waals surface area contributed by atoms with E-state index in [0.29, 0.717) is 12.5 Å². The maximum atomic E-state index is 12.0. The third kappa shape index (κ3) is 6.38. The zero-order valence-corrected chi connectivity index (χ0v) is 15.4. The number of urea groups is 1. The van der Waals surface area contributed by atoms with E-state index in [4.69, 9.17) is 4.74 Å². The molecule has 0 bridgehead atoms. The minimum Gasteiger partial charge on any atom is -0.497 e. The van der Waals surface area contributed by atoms with Crippen LogP contribution in [0.1, 0.15) is 38.2 Å². The number of ether oxygens (including phenoxy) is 1. The van der Waals surface area contributed by atoms with Crippen molar-refractivity contribution in [1.29, 1.82) is 0 Å². The van der Waals surface area contributed by atoms with Gasteiger partial charge in [0.1, 0.15) is 5.75 Å². The predicted molar refractivity (Wildman–Crippen MR) is 97.4 cm³/mol. The molecular weight excluding hydrogens is 318 g/mol. The molecular formula is C19H29N3O3. The summed E-state index contributed by atoms with van der Waals surface area (Å²) in [6.45, 7) is 2.94. The molecule has 1 aliphatic rings. The van der Waals surface area contributed by atoms with Gasteiger partial charge in [-0.3, -0.25) is 15.0 Å². The Balaban J connectivity index is 1.73. The highest BCUT2D eigenvalue weighted by Gasteiger charge is 2.23. The van der Waals surface area contributed by atoms with Crippen LogP contribution in [-0.2, 0) is 11.3 Å². The number of imide groups is 1. The first kappa shape index (κ1) is 19.2. The van der Waals surface area contributed by atoms with Crippen LogP contribution in [-0.4, -0.2) is 43.6 Å². The molecule has 2 rings (SSSR count). The van der Waals surface area contributed by atoms with Crippen molar-refractivity contribution in [3.8, 4) is 5.75 Å². The molecule has 0 spiro atoms. The molecule has 6 nitrogen and oxygen atoms in total. The Morgan fingerprint density at radius 3 is 2.52 bits per heavy atom. The van der Waals surface area contributed by atoms with Crippen molar-refractivity contribution in [2.24, 2.45) is 5.92 Å². The molecule has 1 aromatic rings. The summed E-state index contributed by atoms with van der Waals surface area (Å²) in [5.74, 6) is 0.974. The van der Waals surface area contributed by atoms with Gasteiger partial charge in [0.15, 0.2) is 0 Å². The van der Waals surface area contributed by atoms with Gasteiger partial charge in [-0.25, -0.2) is 4.79 Å². The quantitative estimate of drug-likeness (QED) is 0.830. The summed E-state index contributed by atoms with van der Waals surface area (Å²) in [6.07, 6.45) is 4.47. The monoisotopic (exact) mass is 347 g/mol. The fourth-order valence-electron chi connectivity index (χ4n) is 3.24. The van der Waals surface area contributed by atoms with Crippen molar-refractivity contribution in [1.82, 2.24) is 15.5 Å². The number of benzene rings is 1. The van der Waals surface area contributed by atoms with E-state index in [0.717, 1.165) is 30.6 Å². The van der Waals surface area contributed by atoms with Crippen molar-refractivity contribution in [3.63, 3.8) is 0 Å². The second-order valence-electron chi connectivity index (χ2n) is 6.91. The van der Waals surface area contributed by atoms with E-state index < -0.39 is 0 Å². The molecule has 0 radical (unpaired) electrons. The van der Waals surface area contributed by atoms with Gasteiger partial charge in [-0.15, -0.1) is 0 Å². The first-order valence-corrected chi connectivity index (χ1v) is 8.89. The molecule has 1 saturated carbocycles. The van der Waals surface area contributed by atoms with E-state index in [2.05, 4.69) is 17.6 Å². The third-order valence-electron chi connectivity index (χ3n) is 4.71. The number of methoxy groups -OCH3 is 1. The van der Waals surface area contributed by atoms with Gasteiger partial charge >= 0.3 is 6.03 Å². The highest BCUT2D eigenvalue weighted by atomic mass is 16.5. The van der Waals surface area contributed by atoms with Crippen LogP contribution < -0.4 is 15.4 Å². The second-order valence-corrected chi connectivity index (χ2v) is 6.91. The Morgan fingerprint density at radius 2 is 1.88 bits per heavy atom. The van der Waals surface area contributed by atoms with E-state index in [1.807, 2.05) is 36.2 Å². The number of hydrogen-bond donors (Lipinski definition) is 2. The van der Waals surface area contributed by atoms with E-state index in [9.17, 15) is 9.59 Å². The predicted octanol–water partition coefficient (Wildman–Crippen LogP) is 2.53. The van der Waals surface area contributed by atoms with Gasteiger partial charge in [-0.1, -0.05) is 31.9 Å². The Kier molecular flexibility index (Phi) is 7.25. The highest BCUT2D eigenvalue weighted by Crippen LogP contribution is 2.23. The van der Waals surface area contributed by atoms with E-state index in [1.165, 1.54) is 6.42 Å². The number of nitrogens with one attached hydrogen (secondary N) is 2. The van der Waals surface area contributed by atoms with Crippen molar-refractivity contribution >= 4 is 11.9 Å². The molecule has 0 aliphatic heterocycles. The number of amides is 3. The van der Waals surface area contributed by atoms with Gasteiger partial charge in [0.05, 0.1) is 13.7 Å². The van der Waals surface area contributed by atoms with Crippen molar-refractivity contribution in [3.05, 3.63) is 29.8 Å². The van der Waals surface area contributed by atoms with Crippen LogP contribution in [0.4, 0.5) is 4.79 Å². The summed E-state index contributed by atoms with van der Waals surface area (Å²) in [5.41, 5.74) is 1.08. The van der Waals surface area contributed by atoms with Gasteiger partial charge in [0, 0.05) is 12.6 Å². The maximum absolute atomic E-state index is 12.0. The summed E-state index contributed by atoms with van der Waals surface area (Å²) < 4.78 is 5.13. The molecule has 25 heavy (non-hydrogen) atoms. The van der Waals surface area contributed by atoms with Crippen LogP contribution in [0.3, 0.4) is 0 Å². The van der Waals surface area contributed by atoms with Crippen LogP contribution in [0, 0.1) is 5.92 Å². The lowest BCUT2D eigenvalue weighted by atomic mass is 9.86. The lowest BCUT2D eigenvalue weighted by molar-refractivity contribution is -0.121. The number of likely N-dealkylation sites (N-methyl/N-ethyl adjacent to an activating group) is 1. The summed E-state index contributed by atoms with van der Waals surface area (Å²) in [5, 5.41) is 5.36. The second kappa shape index (κ2) is 9.42. The van der Waals surface area contributed by atoms with E-state index in [1.54, 1.807) is 7.11 Å². The van der Waals surface area contributed by atoms with Crippen molar-refractivity contribution < 1.29 is 14.3 Å². The first-order valence-electron chi connectivity index (χ1n) is 8.89. The number of carbonyl (C=O) groups is 2. The fourth-order valence-corrected chi connectivity index (χ4v) is 3.24. The average Bonchev–Trinajstić information content (AvgIpc) is 2.57. The largest absolute Gasteiger partial charge is 0.497 e. The zero-order chi connectivity index (χ0) is 18.2. The standard InChI is InChI=1S/C19H29N3O3/c1-14-6-4-5-7-17(14)20-19(24)21-18(23)13-22(2)12-15-8-10-16(25-3)11-9-15/h8-11,14,17H,4-7,12-13H2,1-3H3,(H2,20,21,23,24). The molecule has 1 fully saturated rings. The molecule has 0 heterocycles. The van der Waals surface area contributed by atoms with Crippen LogP contribution in [0.2, 0.25) is 0 Å². The molecule has 1 aliphatic carbocycles. The van der Waals surface area contributed by atoms with Gasteiger partial charge in [-0.05, 0) is 43.5 Å². The molecule has 0 aromatic heterocycles. The fraction of sp³-hybridized carbons (Fsp3) is 0.579. The SMILES string of the molecule is COc1ccc(CN(C)CC(=O)NC(=O)NC2CCCCC2C)cc1. The molecule has 138 valence electrons. The lowest BCUT2D eigenvalue weighted by Gasteiger charge is -2.29. The van der Waals surface area contributed by atoms with Crippen LogP contribution in [0.5, 0.6) is 5.75 Å². The van der Waals surface area contributed by atoms with Gasteiger partial charge in [0.2, 0.25) is 5.91 Å². The lowest BCUT2D eigenvalue weighted by Crippen LogP contribution is -2.49. The van der Waals surface area contributed by atoms with Gasteiger partial charge < -0.3 is 10.1 Å². The van der Waals surface area contributed by atoms with Crippen LogP contribution >= 0.6 is 0 Å². The number of carbonyl (C=O) groups excluding carboxylic acids is 2. The summed E-state index contributed by atoms with van der Waals surface area (Å²) in [4.78, 5) is 25.9. The Morgan fingerprint density at radius 1 is 1.20 bits per heavy atom. The smallest absolute Gasteiger partial charge is 0.321 e. The molecule has 1 aromatic carbocycles. The summed E-state index contributed by atoms with van der Waals surface area (Å²) >= 11 is 0. The number of hydrogen-bond acceptors (Lipinski definition) is 4.